The summed E-state index contributed by atoms with van der Waals surface area (Å²) in [6.07, 6.45) is 6.21. The molecule has 5 rings (SSSR count). The van der Waals surface area contributed by atoms with Crippen LogP contribution in [0, 0.1) is 0 Å². The highest BCUT2D eigenvalue weighted by atomic mass is 35.5. The highest BCUT2D eigenvalue weighted by molar-refractivity contribution is 6.30. The van der Waals surface area contributed by atoms with Crippen LogP contribution in [0.25, 0.3) is 11.3 Å². The lowest BCUT2D eigenvalue weighted by Crippen LogP contribution is -2.25. The van der Waals surface area contributed by atoms with Crippen LogP contribution in [0.15, 0.2) is 85.3 Å². The van der Waals surface area contributed by atoms with E-state index in [1.807, 2.05) is 72.4 Å². The Bertz CT molecular complexity index is 1490. The molecule has 0 aliphatic heterocycles. The summed E-state index contributed by atoms with van der Waals surface area (Å²) in [6, 6.07) is 20.7. The van der Waals surface area contributed by atoms with Gasteiger partial charge in [-0.15, -0.1) is 0 Å². The lowest BCUT2D eigenvalue weighted by Gasteiger charge is -2.09. The number of nitrogens with one attached hydrogen (secondary N) is 1. The molecule has 2 aromatic carbocycles. The number of rotatable bonds is 7. The van der Waals surface area contributed by atoms with Crippen molar-refractivity contribution in [2.24, 2.45) is 0 Å². The summed E-state index contributed by atoms with van der Waals surface area (Å²) < 4.78 is 9.59. The van der Waals surface area contributed by atoms with Gasteiger partial charge in [0.2, 0.25) is 0 Å². The highest BCUT2D eigenvalue weighted by Crippen LogP contribution is 2.25. The minimum atomic E-state index is -0.185. The third-order valence-corrected chi connectivity index (χ3v) is 6.08. The first-order valence-corrected chi connectivity index (χ1v) is 11.9. The van der Waals surface area contributed by atoms with E-state index in [0.717, 1.165) is 28.4 Å². The van der Waals surface area contributed by atoms with Gasteiger partial charge in [-0.1, -0.05) is 42.3 Å². The van der Waals surface area contributed by atoms with Gasteiger partial charge in [-0.2, -0.15) is 0 Å². The molecule has 3 aromatic heterocycles. The fourth-order valence-electron chi connectivity index (χ4n) is 3.84. The van der Waals surface area contributed by atoms with Crippen molar-refractivity contribution in [3.05, 3.63) is 112 Å². The molecule has 1 amide bonds. The number of halogens is 2. The third-order valence-electron chi connectivity index (χ3n) is 5.61. The Balaban J connectivity index is 1.25. The topological polar surface area (TPSA) is 60.6 Å². The number of imidazole rings is 1. The van der Waals surface area contributed by atoms with Crippen LogP contribution < -0.4 is 10.1 Å². The number of benzene rings is 2. The van der Waals surface area contributed by atoms with Gasteiger partial charge in [0.15, 0.2) is 0 Å². The number of aromatic nitrogens is 3. The minimum absolute atomic E-state index is 0.185. The van der Waals surface area contributed by atoms with Gasteiger partial charge in [-0.3, -0.25) is 9.20 Å². The van der Waals surface area contributed by atoms with Crippen LogP contribution >= 0.6 is 23.2 Å². The second-order valence-corrected chi connectivity index (χ2v) is 8.87. The van der Waals surface area contributed by atoms with Gasteiger partial charge in [-0.05, 0) is 66.6 Å². The molecule has 3 heterocycles. The number of fused-ring (bicyclic) bond motifs is 1. The molecule has 35 heavy (non-hydrogen) atoms. The molecule has 0 spiro atoms. The normalized spacial score (nSPS) is 11.1. The fourth-order valence-corrected chi connectivity index (χ4v) is 4.13. The molecule has 0 bridgehead atoms. The average molecular weight is 505 g/mol. The summed E-state index contributed by atoms with van der Waals surface area (Å²) in [4.78, 5) is 17.6. The number of nitrogens with zero attached hydrogens (tertiary/aromatic N) is 3. The maximum absolute atomic E-state index is 13.0. The minimum Gasteiger partial charge on any atom is -0.456 e. The van der Waals surface area contributed by atoms with Crippen LogP contribution in [0.2, 0.25) is 10.0 Å². The molecule has 1 N–H and O–H groups in total. The van der Waals surface area contributed by atoms with Crippen LogP contribution in [0.3, 0.4) is 0 Å². The van der Waals surface area contributed by atoms with Crippen molar-refractivity contribution >= 4 is 34.8 Å². The van der Waals surface area contributed by atoms with Gasteiger partial charge >= 0.3 is 0 Å². The molecule has 0 atom stereocenters. The number of hydrogen-bond donors (Lipinski definition) is 1. The van der Waals surface area contributed by atoms with Crippen molar-refractivity contribution in [1.29, 1.82) is 0 Å². The molecule has 5 aromatic rings. The van der Waals surface area contributed by atoms with Crippen LogP contribution in [-0.2, 0) is 13.0 Å². The van der Waals surface area contributed by atoms with Crippen molar-refractivity contribution in [2.45, 2.75) is 19.9 Å². The second-order valence-electron chi connectivity index (χ2n) is 8.00. The Kier molecular flexibility index (Phi) is 6.49. The molecule has 0 aliphatic rings. The summed E-state index contributed by atoms with van der Waals surface area (Å²) in [5.41, 5.74) is 3.92. The molecule has 6 nitrogen and oxygen atoms in total. The maximum Gasteiger partial charge on any atom is 0.270 e. The zero-order chi connectivity index (χ0) is 24.4. The maximum atomic E-state index is 13.0. The zero-order valence-electron chi connectivity index (χ0n) is 18.9. The van der Waals surface area contributed by atoms with E-state index in [-0.39, 0.29) is 5.91 Å². The summed E-state index contributed by atoms with van der Waals surface area (Å²) in [5, 5.41) is 4.22. The van der Waals surface area contributed by atoms with Gasteiger partial charge in [0, 0.05) is 29.6 Å². The molecule has 0 fully saturated rings. The first-order chi connectivity index (χ1) is 17.0. The summed E-state index contributed by atoms with van der Waals surface area (Å²) >= 11 is 12.1. The fraction of sp³-hybridized carbons (Fsp3) is 0.111. The smallest absolute Gasteiger partial charge is 0.270 e. The SMILES string of the molecule is CCc1nc2ccc(Cl)cn2c1C(=O)NCc1ccc(-n2ccc(Oc3ccc(Cl)cc3)c2)cc1. The van der Waals surface area contributed by atoms with Gasteiger partial charge in [0.05, 0.1) is 16.9 Å². The second kappa shape index (κ2) is 9.86. The average Bonchev–Trinajstić information content (AvgIpc) is 3.48. The van der Waals surface area contributed by atoms with Gasteiger partial charge in [0.25, 0.3) is 5.91 Å². The Labute approximate surface area is 212 Å². The number of pyridine rings is 1. The first kappa shape index (κ1) is 23.0. The van der Waals surface area contributed by atoms with Crippen molar-refractivity contribution in [3.63, 3.8) is 0 Å². The predicted molar refractivity (Wildman–Crippen MR) is 138 cm³/mol. The highest BCUT2D eigenvalue weighted by Gasteiger charge is 2.18. The summed E-state index contributed by atoms with van der Waals surface area (Å²) in [5.74, 6) is 1.26. The number of amides is 1. The Morgan fingerprint density at radius 1 is 0.914 bits per heavy atom. The predicted octanol–water partition coefficient (Wildman–Crippen LogP) is 6.72. The van der Waals surface area contributed by atoms with Crippen LogP contribution in [0.4, 0.5) is 0 Å². The van der Waals surface area contributed by atoms with Gasteiger partial charge in [0.1, 0.15) is 22.8 Å². The van der Waals surface area contributed by atoms with Gasteiger partial charge < -0.3 is 14.6 Å². The van der Waals surface area contributed by atoms with E-state index >= 15 is 0 Å². The number of ether oxygens (including phenoxy) is 1. The largest absolute Gasteiger partial charge is 0.456 e. The molecular weight excluding hydrogens is 483 g/mol. The number of hydrogen-bond acceptors (Lipinski definition) is 3. The van der Waals surface area contributed by atoms with Crippen molar-refractivity contribution < 1.29 is 9.53 Å². The lowest BCUT2D eigenvalue weighted by atomic mass is 10.2. The molecule has 0 unspecified atom stereocenters. The van der Waals surface area contributed by atoms with Crippen LogP contribution in [0.1, 0.15) is 28.7 Å². The molecular formula is C27H22Cl2N4O2. The van der Waals surface area contributed by atoms with Gasteiger partial charge in [-0.25, -0.2) is 4.98 Å². The van der Waals surface area contributed by atoms with Crippen molar-refractivity contribution in [2.75, 3.05) is 0 Å². The van der Waals surface area contributed by atoms with E-state index in [1.165, 1.54) is 0 Å². The Morgan fingerprint density at radius 2 is 1.66 bits per heavy atom. The van der Waals surface area contributed by atoms with E-state index < -0.39 is 0 Å². The summed E-state index contributed by atoms with van der Waals surface area (Å²) in [6.45, 7) is 2.37. The molecule has 0 radical (unpaired) electrons. The number of aryl methyl sites for hydroxylation is 1. The monoisotopic (exact) mass is 504 g/mol. The van der Waals surface area contributed by atoms with Crippen LogP contribution in [0.5, 0.6) is 11.5 Å². The zero-order valence-corrected chi connectivity index (χ0v) is 20.4. The number of carbonyl (C=O) groups excluding carboxylic acids is 1. The lowest BCUT2D eigenvalue weighted by molar-refractivity contribution is 0.0944. The molecule has 0 aliphatic carbocycles. The van der Waals surface area contributed by atoms with Crippen molar-refractivity contribution in [1.82, 2.24) is 19.3 Å². The van der Waals surface area contributed by atoms with E-state index in [1.54, 1.807) is 28.8 Å². The third kappa shape index (κ3) is 5.04. The molecule has 0 saturated carbocycles. The Hall–Kier alpha value is -3.74. The first-order valence-electron chi connectivity index (χ1n) is 11.2. The van der Waals surface area contributed by atoms with Crippen molar-refractivity contribution in [3.8, 4) is 17.2 Å². The van der Waals surface area contributed by atoms with Crippen LogP contribution in [-0.4, -0.2) is 19.9 Å². The van der Waals surface area contributed by atoms with E-state index in [4.69, 9.17) is 27.9 Å². The molecule has 0 saturated heterocycles. The van der Waals surface area contributed by atoms with E-state index in [9.17, 15) is 4.79 Å². The quantitative estimate of drug-likeness (QED) is 0.267. The number of carbonyl (C=O) groups is 1. The summed E-state index contributed by atoms with van der Waals surface area (Å²) in [7, 11) is 0. The molecule has 8 heteroatoms. The Morgan fingerprint density at radius 3 is 2.40 bits per heavy atom. The van der Waals surface area contributed by atoms with E-state index in [0.29, 0.717) is 34.4 Å². The molecule has 176 valence electrons. The van der Waals surface area contributed by atoms with E-state index in [2.05, 4.69) is 10.3 Å². The standard InChI is InChI=1S/C27H22Cl2N4O2/c1-2-24-26(33-16-20(29)7-12-25(33)31-24)27(34)30-15-18-3-8-21(9-4-18)32-14-13-23(17-32)35-22-10-5-19(28)6-11-22/h3-14,16-17H,2,15H2,1H3,(H,30,34).